The summed E-state index contributed by atoms with van der Waals surface area (Å²) >= 11 is 0. The van der Waals surface area contributed by atoms with Gasteiger partial charge in [0.2, 0.25) is 0 Å². The van der Waals surface area contributed by atoms with Crippen LogP contribution in [0.2, 0.25) is 0 Å². The van der Waals surface area contributed by atoms with Crippen LogP contribution in [0.4, 0.5) is 0 Å². The summed E-state index contributed by atoms with van der Waals surface area (Å²) in [4.78, 5) is 0. The maximum Gasteiger partial charge on any atom is 0.288 e. The van der Waals surface area contributed by atoms with Crippen LogP contribution in [0.5, 0.6) is 0 Å². The summed E-state index contributed by atoms with van der Waals surface area (Å²) in [5, 5.41) is 1.82. The molecule has 0 fully saturated rings. The lowest BCUT2D eigenvalue weighted by Gasteiger charge is -2.33. The molecule has 0 unspecified atom stereocenters. The van der Waals surface area contributed by atoms with E-state index in [4.69, 9.17) is 14.2 Å². The molecule has 0 amide bonds. The van der Waals surface area contributed by atoms with E-state index >= 15 is 0 Å². The Labute approximate surface area is 191 Å². The molecule has 0 heterocycles. The predicted octanol–water partition coefficient (Wildman–Crippen LogP) is 3.93. The highest BCUT2D eigenvalue weighted by Crippen LogP contribution is 2.22. The third kappa shape index (κ3) is 20.1. The van der Waals surface area contributed by atoms with Crippen LogP contribution in [-0.4, -0.2) is 57.6 Å². The highest BCUT2D eigenvalue weighted by atomic mass is 32.2. The monoisotopic (exact) mass is 467 g/mol. The molecule has 0 aliphatic rings. The highest BCUT2D eigenvalue weighted by Gasteiger charge is 2.34. The molecule has 0 saturated heterocycles. The number of ether oxygens (including phenoxy) is 3. The first-order valence-corrected chi connectivity index (χ1v) is 14.1. The first kappa shape index (κ1) is 30.8. The lowest BCUT2D eigenvalue weighted by molar-refractivity contribution is -0.656. The summed E-state index contributed by atoms with van der Waals surface area (Å²) < 4.78 is 51.1. The zero-order valence-corrected chi connectivity index (χ0v) is 21.2. The number of rotatable bonds is 24. The van der Waals surface area contributed by atoms with E-state index < -0.39 is 16.1 Å². The van der Waals surface area contributed by atoms with Gasteiger partial charge in [0.05, 0.1) is 45.1 Å². The molecule has 0 aromatic heterocycles. The van der Waals surface area contributed by atoms with Crippen LogP contribution >= 0.6 is 0 Å². The quantitative estimate of drug-likeness (QED) is 0.131. The zero-order chi connectivity index (χ0) is 23.3. The number of nitrogens with two attached hydrogens (primary N) is 1. The van der Waals surface area contributed by atoms with Crippen LogP contribution in [0.1, 0.15) is 104 Å². The number of quaternary nitrogens is 1. The summed E-state index contributed by atoms with van der Waals surface area (Å²) in [6, 6.07) is 0. The Kier molecular flexibility index (Phi) is 20.2. The molecular formula is C23H49NO6S. The van der Waals surface area contributed by atoms with Crippen LogP contribution in [0, 0.1) is 0 Å². The molecule has 0 bridgehead atoms. The van der Waals surface area contributed by atoms with Crippen LogP contribution in [-0.2, 0) is 24.3 Å². The Hall–Kier alpha value is -0.250. The second-order valence-electron chi connectivity index (χ2n) is 8.29. The second kappa shape index (κ2) is 20.4. The van der Waals surface area contributed by atoms with Gasteiger partial charge in [0.25, 0.3) is 5.97 Å². The summed E-state index contributed by atoms with van der Waals surface area (Å²) in [7, 11) is -4.18. The van der Waals surface area contributed by atoms with Crippen LogP contribution in [0.25, 0.3) is 0 Å². The SMILES string of the molecule is CCCCCCOC(CC[NH2+]CCS(=O)(=O)[O-])(OCCCCCC)OCCCCCC. The van der Waals surface area contributed by atoms with Gasteiger partial charge in [-0.3, -0.25) is 0 Å². The van der Waals surface area contributed by atoms with E-state index in [2.05, 4.69) is 20.8 Å². The summed E-state index contributed by atoms with van der Waals surface area (Å²) in [6.45, 7) is 9.11. The van der Waals surface area contributed by atoms with Gasteiger partial charge in [0, 0.05) is 0 Å². The summed E-state index contributed by atoms with van der Waals surface area (Å²) in [5.41, 5.74) is 0. The van der Waals surface area contributed by atoms with Crippen molar-refractivity contribution in [3.8, 4) is 0 Å². The van der Waals surface area contributed by atoms with Crippen molar-refractivity contribution in [1.29, 1.82) is 0 Å². The van der Waals surface area contributed by atoms with Gasteiger partial charge in [-0.2, -0.15) is 0 Å². The van der Waals surface area contributed by atoms with Crippen molar-refractivity contribution >= 4 is 10.1 Å². The topological polar surface area (TPSA) is 102 Å². The maximum absolute atomic E-state index is 10.8. The van der Waals surface area contributed by atoms with Crippen LogP contribution in [0.3, 0.4) is 0 Å². The van der Waals surface area contributed by atoms with E-state index in [9.17, 15) is 13.0 Å². The zero-order valence-electron chi connectivity index (χ0n) is 20.4. The van der Waals surface area contributed by atoms with E-state index in [0.717, 1.165) is 38.5 Å². The Morgan fingerprint density at radius 3 is 1.45 bits per heavy atom. The van der Waals surface area contributed by atoms with Crippen molar-refractivity contribution < 1.29 is 32.5 Å². The number of hydrogen-bond donors (Lipinski definition) is 1. The largest absolute Gasteiger partial charge is 0.748 e. The minimum Gasteiger partial charge on any atom is -0.748 e. The van der Waals surface area contributed by atoms with Crippen LogP contribution in [0.15, 0.2) is 0 Å². The fraction of sp³-hybridized carbons (Fsp3) is 1.00. The van der Waals surface area contributed by atoms with Crippen molar-refractivity contribution in [2.24, 2.45) is 0 Å². The molecule has 7 nitrogen and oxygen atoms in total. The molecule has 8 heteroatoms. The van der Waals surface area contributed by atoms with Crippen molar-refractivity contribution in [1.82, 2.24) is 0 Å². The second-order valence-corrected chi connectivity index (χ2v) is 9.81. The molecule has 0 aromatic rings. The van der Waals surface area contributed by atoms with Gasteiger partial charge in [0.15, 0.2) is 0 Å². The first-order chi connectivity index (χ1) is 14.9. The van der Waals surface area contributed by atoms with Crippen molar-refractivity contribution in [2.75, 3.05) is 38.7 Å². The van der Waals surface area contributed by atoms with Gasteiger partial charge in [-0.05, 0) is 19.3 Å². The van der Waals surface area contributed by atoms with Crippen molar-refractivity contribution in [3.63, 3.8) is 0 Å². The molecule has 0 atom stereocenters. The van der Waals surface area contributed by atoms with Gasteiger partial charge in [-0.15, -0.1) is 0 Å². The maximum atomic E-state index is 10.8. The molecule has 188 valence electrons. The Balaban J connectivity index is 4.82. The smallest absolute Gasteiger partial charge is 0.288 e. The molecule has 0 aliphatic heterocycles. The van der Waals surface area contributed by atoms with E-state index in [1.165, 1.54) is 38.5 Å². The van der Waals surface area contributed by atoms with Gasteiger partial charge in [-0.1, -0.05) is 78.6 Å². The molecular weight excluding hydrogens is 418 g/mol. The minimum absolute atomic E-state index is 0.241. The van der Waals surface area contributed by atoms with Gasteiger partial charge in [-0.25, -0.2) is 8.42 Å². The number of unbranched alkanes of at least 4 members (excludes halogenated alkanes) is 9. The van der Waals surface area contributed by atoms with Crippen molar-refractivity contribution in [2.45, 2.75) is 110 Å². The molecule has 0 saturated carbocycles. The van der Waals surface area contributed by atoms with Gasteiger partial charge in [0.1, 0.15) is 10.1 Å². The van der Waals surface area contributed by atoms with E-state index in [1.54, 1.807) is 0 Å². The van der Waals surface area contributed by atoms with E-state index in [-0.39, 0.29) is 12.3 Å². The fourth-order valence-corrected chi connectivity index (χ4v) is 3.72. The molecule has 0 spiro atoms. The summed E-state index contributed by atoms with van der Waals surface area (Å²) in [5.74, 6) is -1.45. The Morgan fingerprint density at radius 1 is 0.677 bits per heavy atom. The lowest BCUT2D eigenvalue weighted by atomic mass is 10.2. The molecule has 0 rings (SSSR count). The fourth-order valence-electron chi connectivity index (χ4n) is 3.26. The average molecular weight is 468 g/mol. The predicted molar refractivity (Wildman–Crippen MR) is 124 cm³/mol. The Morgan fingerprint density at radius 2 is 1.10 bits per heavy atom. The Bertz CT molecular complexity index is 450. The molecule has 2 N–H and O–H groups in total. The third-order valence-electron chi connectivity index (χ3n) is 5.19. The van der Waals surface area contributed by atoms with Gasteiger partial charge < -0.3 is 24.1 Å². The highest BCUT2D eigenvalue weighted by molar-refractivity contribution is 7.85. The third-order valence-corrected chi connectivity index (χ3v) is 5.92. The lowest BCUT2D eigenvalue weighted by Crippen LogP contribution is -2.86. The molecule has 0 radical (unpaired) electrons. The first-order valence-electron chi connectivity index (χ1n) is 12.6. The molecule has 0 aliphatic carbocycles. The number of hydrogen-bond acceptors (Lipinski definition) is 6. The minimum atomic E-state index is -4.18. The van der Waals surface area contributed by atoms with Gasteiger partial charge >= 0.3 is 0 Å². The summed E-state index contributed by atoms with van der Waals surface area (Å²) in [6.07, 6.45) is 13.8. The van der Waals surface area contributed by atoms with E-state index in [1.807, 2.05) is 5.32 Å². The normalized spacial score (nSPS) is 12.5. The molecule has 31 heavy (non-hydrogen) atoms. The molecule has 0 aromatic carbocycles. The van der Waals surface area contributed by atoms with Crippen molar-refractivity contribution in [3.05, 3.63) is 0 Å². The van der Waals surface area contributed by atoms with Crippen LogP contribution < -0.4 is 5.32 Å². The van der Waals surface area contributed by atoms with E-state index in [0.29, 0.717) is 32.8 Å². The standard InChI is InChI=1S/C23H49NO6S/c1-4-7-10-13-19-28-23(29-20-14-11-8-5-2,30-21-15-12-9-6-3)16-17-24-18-22-31(25,26)27/h24H,4-22H2,1-3H3,(H,25,26,27). The average Bonchev–Trinajstić information content (AvgIpc) is 2.72.